The van der Waals surface area contributed by atoms with Gasteiger partial charge in [-0.3, -0.25) is 4.79 Å². The van der Waals surface area contributed by atoms with Crippen molar-refractivity contribution in [3.8, 4) is 11.5 Å². The van der Waals surface area contributed by atoms with E-state index in [1.54, 1.807) is 6.92 Å². The van der Waals surface area contributed by atoms with E-state index in [0.29, 0.717) is 16.5 Å². The molecule has 1 aromatic heterocycles. The molecule has 0 aliphatic rings. The monoisotopic (exact) mass is 442 g/mol. The van der Waals surface area contributed by atoms with Gasteiger partial charge in [-0.15, -0.1) is 11.3 Å². The first kappa shape index (κ1) is 19.8. The summed E-state index contributed by atoms with van der Waals surface area (Å²) in [7, 11) is 0. The SMILES string of the molecule is CCOc1cc(Cl)c(Cl)c(/C=N/NC(=O)c2sc3ccccc3c2Cl)c1O. The van der Waals surface area contributed by atoms with Crippen molar-refractivity contribution in [2.24, 2.45) is 5.10 Å². The van der Waals surface area contributed by atoms with E-state index in [0.717, 1.165) is 10.1 Å². The molecular weight excluding hydrogens is 431 g/mol. The van der Waals surface area contributed by atoms with Gasteiger partial charge < -0.3 is 9.84 Å². The molecule has 1 heterocycles. The number of aromatic hydroxyl groups is 1. The molecule has 0 aliphatic heterocycles. The van der Waals surface area contributed by atoms with E-state index in [1.165, 1.54) is 23.6 Å². The molecule has 0 unspecified atom stereocenters. The molecule has 1 amide bonds. The van der Waals surface area contributed by atoms with E-state index in [1.807, 2.05) is 24.3 Å². The number of amides is 1. The zero-order valence-electron chi connectivity index (χ0n) is 13.9. The van der Waals surface area contributed by atoms with Crippen LogP contribution < -0.4 is 10.2 Å². The van der Waals surface area contributed by atoms with Crippen molar-refractivity contribution >= 4 is 68.3 Å². The number of ether oxygens (including phenoxy) is 1. The van der Waals surface area contributed by atoms with Crippen molar-refractivity contribution in [3.05, 3.63) is 55.8 Å². The average molecular weight is 444 g/mol. The number of carbonyl (C=O) groups excluding carboxylic acids is 1. The summed E-state index contributed by atoms with van der Waals surface area (Å²) in [6.45, 7) is 2.11. The van der Waals surface area contributed by atoms with E-state index in [9.17, 15) is 9.90 Å². The third-order valence-electron chi connectivity index (χ3n) is 3.59. The number of hydrogen-bond acceptors (Lipinski definition) is 5. The summed E-state index contributed by atoms with van der Waals surface area (Å²) >= 11 is 19.7. The molecule has 140 valence electrons. The lowest BCUT2D eigenvalue weighted by molar-refractivity contribution is 0.0959. The van der Waals surface area contributed by atoms with Crippen LogP contribution in [0.2, 0.25) is 15.1 Å². The van der Waals surface area contributed by atoms with Gasteiger partial charge in [-0.2, -0.15) is 5.10 Å². The first-order valence-corrected chi connectivity index (χ1v) is 9.73. The molecule has 0 saturated carbocycles. The molecule has 9 heteroatoms. The van der Waals surface area contributed by atoms with E-state index in [4.69, 9.17) is 39.5 Å². The maximum atomic E-state index is 12.4. The Kier molecular flexibility index (Phi) is 6.11. The predicted molar refractivity (Wildman–Crippen MR) is 111 cm³/mol. The molecule has 0 saturated heterocycles. The molecule has 0 spiro atoms. The van der Waals surface area contributed by atoms with Crippen LogP contribution in [0.5, 0.6) is 11.5 Å². The minimum absolute atomic E-state index is 0.0931. The Morgan fingerprint density at radius 3 is 2.74 bits per heavy atom. The highest BCUT2D eigenvalue weighted by Gasteiger charge is 2.18. The molecule has 3 aromatic rings. The second-order valence-electron chi connectivity index (χ2n) is 5.31. The summed E-state index contributed by atoms with van der Waals surface area (Å²) in [5.41, 5.74) is 2.51. The van der Waals surface area contributed by atoms with Crippen LogP contribution in [-0.4, -0.2) is 23.8 Å². The number of benzene rings is 2. The molecule has 0 fully saturated rings. The third-order valence-corrected chi connectivity index (χ3v) is 6.07. The number of halogens is 3. The lowest BCUT2D eigenvalue weighted by Crippen LogP contribution is -2.16. The third kappa shape index (κ3) is 3.99. The maximum absolute atomic E-state index is 12.4. The summed E-state index contributed by atoms with van der Waals surface area (Å²) in [6.07, 6.45) is 1.20. The summed E-state index contributed by atoms with van der Waals surface area (Å²) in [6, 6.07) is 8.85. The molecule has 0 aliphatic carbocycles. The summed E-state index contributed by atoms with van der Waals surface area (Å²) in [5, 5.41) is 15.6. The van der Waals surface area contributed by atoms with Gasteiger partial charge in [0, 0.05) is 16.2 Å². The highest BCUT2D eigenvalue weighted by molar-refractivity contribution is 7.21. The van der Waals surface area contributed by atoms with Crippen molar-refractivity contribution in [2.45, 2.75) is 6.92 Å². The lowest BCUT2D eigenvalue weighted by atomic mass is 10.2. The standard InChI is InChI=1S/C18H13Cl3N2O3S/c1-2-26-12-7-11(19)14(20)10(16(12)24)8-22-23-18(25)17-15(21)9-5-3-4-6-13(9)27-17/h3-8,24H,2H2,1H3,(H,23,25)/b22-8+. The molecule has 5 nitrogen and oxygen atoms in total. The molecule has 27 heavy (non-hydrogen) atoms. The number of carbonyl (C=O) groups is 1. The van der Waals surface area contributed by atoms with Crippen LogP contribution in [0, 0.1) is 0 Å². The molecule has 0 radical (unpaired) electrons. The van der Waals surface area contributed by atoms with Crippen molar-refractivity contribution in [1.82, 2.24) is 5.43 Å². The highest BCUT2D eigenvalue weighted by Crippen LogP contribution is 2.39. The number of rotatable bonds is 5. The summed E-state index contributed by atoms with van der Waals surface area (Å²) in [4.78, 5) is 12.7. The minimum atomic E-state index is -0.472. The minimum Gasteiger partial charge on any atom is -0.504 e. The number of thiophene rings is 1. The van der Waals surface area contributed by atoms with Crippen LogP contribution in [0.4, 0.5) is 0 Å². The van der Waals surface area contributed by atoms with E-state index in [2.05, 4.69) is 10.5 Å². The average Bonchev–Trinajstić information content (AvgIpc) is 3.00. The fraction of sp³-hybridized carbons (Fsp3) is 0.111. The van der Waals surface area contributed by atoms with Crippen LogP contribution in [0.25, 0.3) is 10.1 Å². The van der Waals surface area contributed by atoms with Crippen LogP contribution >= 0.6 is 46.1 Å². The quantitative estimate of drug-likeness (QED) is 0.391. The van der Waals surface area contributed by atoms with Crippen molar-refractivity contribution in [3.63, 3.8) is 0 Å². The fourth-order valence-corrected chi connectivity index (χ4v) is 4.16. The molecule has 0 atom stereocenters. The number of hydrazone groups is 1. The Bertz CT molecular complexity index is 1050. The van der Waals surface area contributed by atoms with Gasteiger partial charge in [0.15, 0.2) is 11.5 Å². The smallest absolute Gasteiger partial charge is 0.283 e. The number of phenolic OH excluding ortho intramolecular Hbond substituents is 1. The van der Waals surface area contributed by atoms with Crippen LogP contribution in [-0.2, 0) is 0 Å². The van der Waals surface area contributed by atoms with Crippen molar-refractivity contribution < 1.29 is 14.6 Å². The Morgan fingerprint density at radius 1 is 1.30 bits per heavy atom. The molecule has 2 N–H and O–H groups in total. The van der Waals surface area contributed by atoms with Crippen LogP contribution in [0.3, 0.4) is 0 Å². The van der Waals surface area contributed by atoms with Crippen LogP contribution in [0.1, 0.15) is 22.2 Å². The van der Waals surface area contributed by atoms with Gasteiger partial charge in [0.05, 0.1) is 33.5 Å². The Labute approximate surface area is 174 Å². The largest absolute Gasteiger partial charge is 0.504 e. The lowest BCUT2D eigenvalue weighted by Gasteiger charge is -2.10. The Hall–Kier alpha value is -1.99. The first-order valence-electron chi connectivity index (χ1n) is 7.78. The van der Waals surface area contributed by atoms with E-state index in [-0.39, 0.29) is 27.1 Å². The molecule has 3 rings (SSSR count). The number of nitrogens with one attached hydrogen (secondary N) is 1. The van der Waals surface area contributed by atoms with Gasteiger partial charge in [-0.25, -0.2) is 5.43 Å². The zero-order chi connectivity index (χ0) is 19.6. The van der Waals surface area contributed by atoms with Gasteiger partial charge in [0.25, 0.3) is 5.91 Å². The van der Waals surface area contributed by atoms with Gasteiger partial charge in [0.1, 0.15) is 4.88 Å². The molecule has 2 aromatic carbocycles. The molecule has 0 bridgehead atoms. The van der Waals surface area contributed by atoms with E-state index >= 15 is 0 Å². The number of nitrogens with zero attached hydrogens (tertiary/aromatic N) is 1. The normalized spacial score (nSPS) is 11.3. The number of fused-ring (bicyclic) bond motifs is 1. The summed E-state index contributed by atoms with van der Waals surface area (Å²) in [5.74, 6) is -0.517. The molecular formula is C18H13Cl3N2O3S. The van der Waals surface area contributed by atoms with Gasteiger partial charge in [-0.05, 0) is 13.0 Å². The predicted octanol–water partition coefficient (Wildman–Crippen LogP) is 5.73. The van der Waals surface area contributed by atoms with Crippen LogP contribution in [0.15, 0.2) is 35.4 Å². The van der Waals surface area contributed by atoms with Gasteiger partial charge in [-0.1, -0.05) is 53.0 Å². The number of hydrogen-bond donors (Lipinski definition) is 2. The van der Waals surface area contributed by atoms with Crippen molar-refractivity contribution in [2.75, 3.05) is 6.61 Å². The van der Waals surface area contributed by atoms with Gasteiger partial charge >= 0.3 is 0 Å². The maximum Gasteiger partial charge on any atom is 0.283 e. The highest BCUT2D eigenvalue weighted by atomic mass is 35.5. The Balaban J connectivity index is 1.85. The topological polar surface area (TPSA) is 70.9 Å². The van der Waals surface area contributed by atoms with Crippen molar-refractivity contribution in [1.29, 1.82) is 0 Å². The van der Waals surface area contributed by atoms with E-state index < -0.39 is 5.91 Å². The summed E-state index contributed by atoms with van der Waals surface area (Å²) < 4.78 is 6.20. The van der Waals surface area contributed by atoms with Gasteiger partial charge in [0.2, 0.25) is 0 Å². The second-order valence-corrected chi connectivity index (χ2v) is 7.52. The second kappa shape index (κ2) is 8.35. The Morgan fingerprint density at radius 2 is 2.04 bits per heavy atom. The zero-order valence-corrected chi connectivity index (χ0v) is 17.0. The number of phenols is 1. The first-order chi connectivity index (χ1) is 12.9. The fourth-order valence-electron chi connectivity index (χ4n) is 2.36.